The molecule has 0 fully saturated rings. The van der Waals surface area contributed by atoms with Crippen LogP contribution in [0.15, 0.2) is 23.1 Å². The first-order chi connectivity index (χ1) is 9.25. The number of halogens is 1. The second-order valence-electron chi connectivity index (χ2n) is 3.87. The molecule has 0 bridgehead atoms. The van der Waals surface area contributed by atoms with Gasteiger partial charge in [0, 0.05) is 20.2 Å². The molecule has 1 rings (SSSR count). The fourth-order valence-corrected chi connectivity index (χ4v) is 2.88. The maximum atomic E-state index is 12.2. The smallest absolute Gasteiger partial charge is 0.280 e. The van der Waals surface area contributed by atoms with Gasteiger partial charge < -0.3 is 4.74 Å². The van der Waals surface area contributed by atoms with Crippen molar-refractivity contribution in [3.8, 4) is 5.75 Å². The van der Waals surface area contributed by atoms with Crippen molar-refractivity contribution >= 4 is 33.3 Å². The third-order valence-electron chi connectivity index (χ3n) is 2.41. The van der Waals surface area contributed by atoms with Gasteiger partial charge in [0.25, 0.3) is 15.3 Å². The van der Waals surface area contributed by atoms with E-state index in [1.165, 1.54) is 33.3 Å². The third-order valence-corrected chi connectivity index (χ3v) is 4.37. The van der Waals surface area contributed by atoms with E-state index in [1.807, 2.05) is 0 Å². The van der Waals surface area contributed by atoms with Crippen LogP contribution >= 0.6 is 11.6 Å². The first kappa shape index (κ1) is 16.4. The van der Waals surface area contributed by atoms with E-state index in [-0.39, 0.29) is 22.6 Å². The predicted molar refractivity (Wildman–Crippen MR) is 72.0 cm³/mol. The van der Waals surface area contributed by atoms with Crippen LogP contribution in [0.1, 0.15) is 10.4 Å². The largest absolute Gasteiger partial charge is 0.496 e. The van der Waals surface area contributed by atoms with Crippen LogP contribution in [0.2, 0.25) is 0 Å². The lowest BCUT2D eigenvalue weighted by atomic mass is 10.2. The molecule has 9 heteroatoms. The molecule has 1 aromatic rings. The number of amides is 1. The van der Waals surface area contributed by atoms with Crippen molar-refractivity contribution in [2.45, 2.75) is 4.90 Å². The quantitative estimate of drug-likeness (QED) is 0.436. The Morgan fingerprint density at radius 3 is 2.35 bits per heavy atom. The van der Waals surface area contributed by atoms with Crippen LogP contribution in [0.25, 0.3) is 0 Å². The number of methoxy groups -OCH3 is 1. The zero-order valence-corrected chi connectivity index (χ0v) is 12.6. The van der Waals surface area contributed by atoms with Crippen molar-refractivity contribution in [2.75, 3.05) is 21.2 Å². The molecule has 20 heavy (non-hydrogen) atoms. The summed E-state index contributed by atoms with van der Waals surface area (Å²) < 4.78 is 29.9. The second-order valence-corrected chi connectivity index (χ2v) is 6.00. The average Bonchev–Trinajstić information content (AvgIpc) is 2.37. The van der Waals surface area contributed by atoms with E-state index in [1.54, 1.807) is 0 Å². The predicted octanol–water partition coefficient (Wildman–Crippen LogP) is 0.698. The van der Waals surface area contributed by atoms with Crippen molar-refractivity contribution in [1.29, 1.82) is 0 Å². The molecule has 0 saturated carbocycles. The minimum atomic E-state index is -4.07. The van der Waals surface area contributed by atoms with Gasteiger partial charge in [-0.15, -0.1) is 0 Å². The van der Waals surface area contributed by atoms with Crippen molar-refractivity contribution < 1.29 is 22.7 Å². The van der Waals surface area contributed by atoms with Gasteiger partial charge in [0.1, 0.15) is 5.75 Å². The number of sulfonamides is 1. The Balaban J connectivity index is 3.40. The highest BCUT2D eigenvalue weighted by Crippen LogP contribution is 2.26. The standard InChI is InChI=1S/C11H13ClN2O5S/c1-13(2)14(7-15)20(17,18)8-4-5-9(11(12)16)10(6-8)19-3/h4-7H,1-3H3. The highest BCUT2D eigenvalue weighted by molar-refractivity contribution is 7.89. The minimum absolute atomic E-state index is 0.00989. The number of hydrogen-bond donors (Lipinski definition) is 0. The molecule has 0 aliphatic heterocycles. The molecule has 0 aromatic heterocycles. The summed E-state index contributed by atoms with van der Waals surface area (Å²) in [5.41, 5.74) is 0.0376. The van der Waals surface area contributed by atoms with E-state index in [2.05, 4.69) is 0 Å². The van der Waals surface area contributed by atoms with Gasteiger partial charge in [0.15, 0.2) is 0 Å². The van der Waals surface area contributed by atoms with Gasteiger partial charge in [-0.2, -0.15) is 12.8 Å². The first-order valence-corrected chi connectivity index (χ1v) is 7.12. The zero-order valence-electron chi connectivity index (χ0n) is 11.0. The molecular weight excluding hydrogens is 308 g/mol. The summed E-state index contributed by atoms with van der Waals surface area (Å²) in [6.07, 6.45) is 0.169. The van der Waals surface area contributed by atoms with Gasteiger partial charge in [-0.3, -0.25) is 9.59 Å². The van der Waals surface area contributed by atoms with Crippen molar-refractivity contribution in [1.82, 2.24) is 9.42 Å². The van der Waals surface area contributed by atoms with Crippen LogP contribution in [0.5, 0.6) is 5.75 Å². The zero-order chi connectivity index (χ0) is 15.5. The van der Waals surface area contributed by atoms with E-state index in [9.17, 15) is 18.0 Å². The number of ether oxygens (including phenoxy) is 1. The van der Waals surface area contributed by atoms with Crippen molar-refractivity contribution in [2.24, 2.45) is 0 Å². The Kier molecular flexibility index (Phi) is 5.09. The molecule has 0 N–H and O–H groups in total. The lowest BCUT2D eigenvalue weighted by Gasteiger charge is -2.23. The van der Waals surface area contributed by atoms with Gasteiger partial charge in [-0.25, -0.2) is 5.01 Å². The first-order valence-electron chi connectivity index (χ1n) is 5.30. The molecule has 0 atom stereocenters. The van der Waals surface area contributed by atoms with Gasteiger partial charge >= 0.3 is 0 Å². The molecule has 7 nitrogen and oxygen atoms in total. The normalized spacial score (nSPS) is 11.2. The molecule has 110 valence electrons. The summed E-state index contributed by atoms with van der Waals surface area (Å²) in [5.74, 6) is 0.00989. The molecule has 0 spiro atoms. The molecule has 0 heterocycles. The molecular formula is C11H13ClN2O5S. The fraction of sp³-hybridized carbons (Fsp3) is 0.273. The number of carbonyl (C=O) groups excluding carboxylic acids is 2. The van der Waals surface area contributed by atoms with Crippen LogP contribution in [-0.2, 0) is 14.8 Å². The molecule has 0 saturated heterocycles. The highest BCUT2D eigenvalue weighted by Gasteiger charge is 2.26. The highest BCUT2D eigenvalue weighted by atomic mass is 35.5. The van der Waals surface area contributed by atoms with Gasteiger partial charge in [-0.05, 0) is 23.7 Å². The van der Waals surface area contributed by atoms with E-state index in [0.29, 0.717) is 4.41 Å². The molecule has 1 aromatic carbocycles. The maximum absolute atomic E-state index is 12.2. The van der Waals surface area contributed by atoms with Crippen LogP contribution in [0.3, 0.4) is 0 Å². The van der Waals surface area contributed by atoms with E-state index >= 15 is 0 Å². The van der Waals surface area contributed by atoms with Gasteiger partial charge in [-0.1, -0.05) is 0 Å². The molecule has 1 amide bonds. The Bertz CT molecular complexity index is 630. The molecule has 0 aliphatic carbocycles. The van der Waals surface area contributed by atoms with Crippen LogP contribution in [0, 0.1) is 0 Å². The van der Waals surface area contributed by atoms with Crippen LogP contribution in [-0.4, -0.2) is 50.7 Å². The number of rotatable bonds is 6. The van der Waals surface area contributed by atoms with E-state index < -0.39 is 15.3 Å². The number of nitrogens with zero attached hydrogens (tertiary/aromatic N) is 2. The lowest BCUT2D eigenvalue weighted by Crippen LogP contribution is -2.40. The van der Waals surface area contributed by atoms with Crippen molar-refractivity contribution in [3.05, 3.63) is 23.8 Å². The average molecular weight is 321 g/mol. The summed E-state index contributed by atoms with van der Waals surface area (Å²) in [6, 6.07) is 3.53. The van der Waals surface area contributed by atoms with Crippen LogP contribution in [0.4, 0.5) is 0 Å². The minimum Gasteiger partial charge on any atom is -0.496 e. The number of carbonyl (C=O) groups is 2. The lowest BCUT2D eigenvalue weighted by molar-refractivity contribution is -0.121. The van der Waals surface area contributed by atoms with Crippen LogP contribution < -0.4 is 4.74 Å². The molecule has 0 unspecified atom stereocenters. The Morgan fingerprint density at radius 2 is 1.95 bits per heavy atom. The Morgan fingerprint density at radius 1 is 1.35 bits per heavy atom. The molecule has 0 radical (unpaired) electrons. The van der Waals surface area contributed by atoms with Gasteiger partial charge in [0.05, 0.1) is 17.6 Å². The fourth-order valence-electron chi connectivity index (χ4n) is 1.47. The second kappa shape index (κ2) is 6.21. The number of benzene rings is 1. The number of hydrogen-bond acceptors (Lipinski definition) is 6. The SMILES string of the molecule is COc1cc(S(=O)(=O)N(C=O)N(C)C)ccc1C(=O)Cl. The summed E-state index contributed by atoms with van der Waals surface area (Å²) in [5, 5.41) is 0.334. The Labute approximate surface area is 121 Å². The summed E-state index contributed by atoms with van der Waals surface area (Å²) in [4.78, 5) is 21.8. The van der Waals surface area contributed by atoms with Crippen molar-refractivity contribution in [3.63, 3.8) is 0 Å². The topological polar surface area (TPSA) is 84.0 Å². The summed E-state index contributed by atoms with van der Waals surface area (Å²) >= 11 is 5.35. The number of hydrazine groups is 1. The Hall–Kier alpha value is -1.64. The summed E-state index contributed by atoms with van der Waals surface area (Å²) in [6.45, 7) is 0. The monoisotopic (exact) mass is 320 g/mol. The maximum Gasteiger partial charge on any atom is 0.280 e. The van der Waals surface area contributed by atoms with E-state index in [4.69, 9.17) is 16.3 Å². The third kappa shape index (κ3) is 3.09. The molecule has 0 aliphatic rings. The van der Waals surface area contributed by atoms with E-state index in [0.717, 1.165) is 11.1 Å². The van der Waals surface area contributed by atoms with Gasteiger partial charge in [0.2, 0.25) is 6.41 Å². The summed E-state index contributed by atoms with van der Waals surface area (Å²) in [7, 11) is 0.0129.